The fourth-order valence-corrected chi connectivity index (χ4v) is 5.63. The average molecular weight is 639 g/mol. The van der Waals surface area contributed by atoms with E-state index >= 15 is 8.78 Å². The molecule has 0 radical (unpaired) electrons. The predicted octanol–water partition coefficient (Wildman–Crippen LogP) is 9.28. The van der Waals surface area contributed by atoms with Crippen LogP contribution < -0.4 is 4.74 Å². The van der Waals surface area contributed by atoms with Crippen LogP contribution in [0.1, 0.15) is 58.4 Å². The lowest BCUT2D eigenvalue weighted by molar-refractivity contribution is -0.154. The first-order chi connectivity index (χ1) is 19.6. The fraction of sp³-hybridized carbons (Fsp3) is 0.516. The molecule has 3 rings (SSSR count). The summed E-state index contributed by atoms with van der Waals surface area (Å²) in [6.07, 6.45) is 6.72. The van der Waals surface area contributed by atoms with Gasteiger partial charge in [-0.3, -0.25) is 4.79 Å². The molecule has 1 aromatic carbocycles. The topological polar surface area (TPSA) is 62.6 Å². The Labute approximate surface area is 258 Å². The third-order valence-corrected chi connectivity index (χ3v) is 8.67. The Kier molecular flexibility index (Phi) is 12.1. The third kappa shape index (κ3) is 10.7. The lowest BCUT2D eigenvalue weighted by Gasteiger charge is -2.19. The smallest absolute Gasteiger partial charge is 0.306 e. The first-order valence-electron chi connectivity index (χ1n) is 14.2. The van der Waals surface area contributed by atoms with Gasteiger partial charge in [0.15, 0.2) is 17.4 Å². The van der Waals surface area contributed by atoms with Crippen molar-refractivity contribution in [1.82, 2.24) is 9.55 Å². The number of ether oxygens (including phenoxy) is 3. The van der Waals surface area contributed by atoms with Crippen molar-refractivity contribution in [3.63, 3.8) is 0 Å². The molecule has 0 aliphatic rings. The zero-order chi connectivity index (χ0) is 31.1. The van der Waals surface area contributed by atoms with Crippen LogP contribution in [0.4, 0.5) is 8.78 Å². The molecule has 0 fully saturated rings. The zero-order valence-corrected chi connectivity index (χ0v) is 27.9. The van der Waals surface area contributed by atoms with E-state index in [4.69, 9.17) is 38.0 Å². The molecule has 3 aromatic rings. The Morgan fingerprint density at radius 1 is 1.10 bits per heavy atom. The van der Waals surface area contributed by atoms with Gasteiger partial charge in [-0.1, -0.05) is 49.9 Å². The molecule has 0 aliphatic heterocycles. The van der Waals surface area contributed by atoms with Gasteiger partial charge in [0, 0.05) is 39.9 Å². The van der Waals surface area contributed by atoms with Gasteiger partial charge in [-0.05, 0) is 74.7 Å². The molecule has 0 spiro atoms. The van der Waals surface area contributed by atoms with Crippen molar-refractivity contribution in [2.24, 2.45) is 0 Å². The van der Waals surface area contributed by atoms with Gasteiger partial charge in [0.1, 0.15) is 23.7 Å². The summed E-state index contributed by atoms with van der Waals surface area (Å²) in [5, 5.41) is 0.791. The molecule has 230 valence electrons. The van der Waals surface area contributed by atoms with E-state index in [0.717, 1.165) is 18.9 Å². The van der Waals surface area contributed by atoms with Crippen LogP contribution in [0.3, 0.4) is 0 Å². The van der Waals surface area contributed by atoms with Crippen molar-refractivity contribution in [3.05, 3.63) is 52.8 Å². The molecule has 0 atom stereocenters. The SMILES string of the molecule is CC(C)(C)OC(=O)CCCCCC(=S)Cc1cc(F)c(Oc2ccnc3c2c(Cl)cn3COCC[Si](C)(C)C)c(F)c1. The van der Waals surface area contributed by atoms with Crippen LogP contribution in [0.15, 0.2) is 30.6 Å². The fourth-order valence-electron chi connectivity index (χ4n) is 4.26. The van der Waals surface area contributed by atoms with Gasteiger partial charge in [0.25, 0.3) is 0 Å². The van der Waals surface area contributed by atoms with E-state index in [9.17, 15) is 4.79 Å². The molecule has 0 aliphatic carbocycles. The number of nitrogens with zero attached hydrogens (tertiary/aromatic N) is 2. The number of aromatic nitrogens is 2. The first kappa shape index (κ1) is 34.1. The number of carbonyl (C=O) groups excluding carboxylic acids is 1. The Hall–Kier alpha value is -2.40. The van der Waals surface area contributed by atoms with Crippen LogP contribution in [-0.2, 0) is 27.4 Å². The van der Waals surface area contributed by atoms with Gasteiger partial charge in [-0.15, -0.1) is 0 Å². The Morgan fingerprint density at radius 2 is 1.76 bits per heavy atom. The summed E-state index contributed by atoms with van der Waals surface area (Å²) in [6, 6.07) is 5.03. The van der Waals surface area contributed by atoms with Crippen molar-refractivity contribution < 1.29 is 27.8 Å². The maximum absolute atomic E-state index is 15.1. The molecular formula is C31H41ClF2N2O4SSi. The number of fused-ring (bicyclic) bond motifs is 1. The van der Waals surface area contributed by atoms with Gasteiger partial charge in [0.05, 0.1) is 10.4 Å². The molecule has 0 amide bonds. The number of thiocarbonyl (C=S) groups is 1. The molecule has 2 heterocycles. The number of unbranched alkanes of at least 4 members (excludes halogenated alkanes) is 2. The van der Waals surface area contributed by atoms with E-state index in [1.807, 2.05) is 20.8 Å². The first-order valence-corrected chi connectivity index (χ1v) is 18.7. The van der Waals surface area contributed by atoms with Crippen LogP contribution in [0.25, 0.3) is 11.0 Å². The van der Waals surface area contributed by atoms with Crippen molar-refractivity contribution in [1.29, 1.82) is 0 Å². The van der Waals surface area contributed by atoms with Crippen LogP contribution in [0.2, 0.25) is 30.7 Å². The van der Waals surface area contributed by atoms with Gasteiger partial charge in [-0.2, -0.15) is 0 Å². The molecule has 2 aromatic heterocycles. The quantitative estimate of drug-likeness (QED) is 0.0715. The van der Waals surface area contributed by atoms with E-state index in [-0.39, 0.29) is 24.9 Å². The number of esters is 1. The molecule has 0 saturated carbocycles. The molecule has 6 nitrogen and oxygen atoms in total. The average Bonchev–Trinajstić information content (AvgIpc) is 3.18. The normalized spacial score (nSPS) is 12.1. The van der Waals surface area contributed by atoms with Crippen molar-refractivity contribution in [3.8, 4) is 11.5 Å². The monoisotopic (exact) mass is 638 g/mol. The minimum atomic E-state index is -1.23. The largest absolute Gasteiger partial charge is 0.460 e. The summed E-state index contributed by atoms with van der Waals surface area (Å²) in [5.74, 6) is -2.21. The van der Waals surface area contributed by atoms with Gasteiger partial charge < -0.3 is 18.8 Å². The summed E-state index contributed by atoms with van der Waals surface area (Å²) in [6.45, 7) is 13.2. The zero-order valence-electron chi connectivity index (χ0n) is 25.3. The summed E-state index contributed by atoms with van der Waals surface area (Å²) in [4.78, 5) is 16.9. The van der Waals surface area contributed by atoms with Crippen LogP contribution >= 0.6 is 23.8 Å². The lowest BCUT2D eigenvalue weighted by Crippen LogP contribution is -2.23. The van der Waals surface area contributed by atoms with E-state index < -0.39 is 31.1 Å². The Bertz CT molecular complexity index is 1380. The van der Waals surface area contributed by atoms with Crippen LogP contribution in [0.5, 0.6) is 11.5 Å². The standard InChI is InChI=1S/C31H41ClF2N2O4SSi/c1-31(2,3)40-27(37)11-9-7-8-10-22(41)16-21-17-24(33)29(25(34)18-21)39-26-12-13-35-30-28(26)23(32)19-36(30)20-38-14-15-42(4,5)6/h12-13,17-19H,7-11,14-16,20H2,1-6H3. The van der Waals surface area contributed by atoms with Crippen molar-refractivity contribution in [2.45, 2.75) is 97.3 Å². The minimum absolute atomic E-state index is 0.193. The number of rotatable bonds is 15. The summed E-state index contributed by atoms with van der Waals surface area (Å²) in [5.41, 5.74) is 0.435. The van der Waals surface area contributed by atoms with Crippen LogP contribution in [-0.4, -0.2) is 40.7 Å². The lowest BCUT2D eigenvalue weighted by atomic mass is 10.0. The van der Waals surface area contributed by atoms with Crippen LogP contribution in [0, 0.1) is 11.6 Å². The number of hydrogen-bond donors (Lipinski definition) is 0. The highest BCUT2D eigenvalue weighted by molar-refractivity contribution is 7.80. The number of pyridine rings is 1. The molecule has 11 heteroatoms. The molecular weight excluding hydrogens is 598 g/mol. The molecule has 0 unspecified atom stereocenters. The maximum Gasteiger partial charge on any atom is 0.306 e. The molecule has 0 N–H and O–H groups in total. The summed E-state index contributed by atoms with van der Waals surface area (Å²) < 4.78 is 48.8. The minimum Gasteiger partial charge on any atom is -0.460 e. The Morgan fingerprint density at radius 3 is 2.40 bits per heavy atom. The number of carbonyl (C=O) groups is 1. The highest BCUT2D eigenvalue weighted by atomic mass is 35.5. The Balaban J connectivity index is 1.59. The second-order valence-electron chi connectivity index (χ2n) is 12.7. The summed E-state index contributed by atoms with van der Waals surface area (Å²) in [7, 11) is -1.23. The van der Waals surface area contributed by atoms with Crippen molar-refractivity contribution in [2.75, 3.05) is 6.61 Å². The van der Waals surface area contributed by atoms with E-state index in [1.54, 1.807) is 10.8 Å². The van der Waals surface area contributed by atoms with E-state index in [1.165, 1.54) is 24.4 Å². The highest BCUT2D eigenvalue weighted by Gasteiger charge is 2.20. The third-order valence-electron chi connectivity index (χ3n) is 6.33. The van der Waals surface area contributed by atoms with Gasteiger partial charge in [-0.25, -0.2) is 13.8 Å². The second kappa shape index (κ2) is 14.9. The maximum atomic E-state index is 15.1. The predicted molar refractivity (Wildman–Crippen MR) is 171 cm³/mol. The van der Waals surface area contributed by atoms with Crippen molar-refractivity contribution >= 4 is 53.8 Å². The molecule has 0 saturated heterocycles. The van der Waals surface area contributed by atoms with E-state index in [2.05, 4.69) is 24.6 Å². The second-order valence-corrected chi connectivity index (χ2v) is 19.3. The number of hydrogen-bond acceptors (Lipinski definition) is 6. The summed E-state index contributed by atoms with van der Waals surface area (Å²) >= 11 is 11.9. The highest BCUT2D eigenvalue weighted by Crippen LogP contribution is 2.37. The van der Waals surface area contributed by atoms with Gasteiger partial charge in [0.2, 0.25) is 0 Å². The molecule has 42 heavy (non-hydrogen) atoms. The number of benzene rings is 1. The van der Waals surface area contributed by atoms with Gasteiger partial charge >= 0.3 is 5.97 Å². The molecule has 0 bridgehead atoms. The van der Waals surface area contributed by atoms with E-state index in [0.29, 0.717) is 52.4 Å². The number of halogens is 3.